The molecule has 0 bridgehead atoms. The maximum atomic E-state index is 13.1. The summed E-state index contributed by atoms with van der Waals surface area (Å²) in [6.45, 7) is 3.07. The first-order chi connectivity index (χ1) is 8.79. The summed E-state index contributed by atoms with van der Waals surface area (Å²) < 4.78 is 13.1. The topological polar surface area (TPSA) is 40.7 Å². The van der Waals surface area contributed by atoms with Gasteiger partial charge in [-0.3, -0.25) is 0 Å². The molecule has 0 spiro atoms. The van der Waals surface area contributed by atoms with Crippen molar-refractivity contribution in [3.63, 3.8) is 0 Å². The molecule has 1 aliphatic rings. The highest BCUT2D eigenvalue weighted by Crippen LogP contribution is 2.32. The number of pyridine rings is 1. The second-order valence-corrected chi connectivity index (χ2v) is 4.58. The molecule has 2 aromatic heterocycles. The van der Waals surface area contributed by atoms with E-state index < -0.39 is 5.95 Å². The van der Waals surface area contributed by atoms with Crippen LogP contribution in [0.1, 0.15) is 25.3 Å². The van der Waals surface area contributed by atoms with E-state index in [1.165, 1.54) is 11.6 Å². The zero-order chi connectivity index (χ0) is 12.5. The summed E-state index contributed by atoms with van der Waals surface area (Å²) in [4.78, 5) is 6.92. The third-order valence-corrected chi connectivity index (χ3v) is 3.46. The van der Waals surface area contributed by atoms with Gasteiger partial charge in [0.15, 0.2) is 0 Å². The number of aromatic amines is 1. The lowest BCUT2D eigenvalue weighted by Crippen LogP contribution is -2.27. The Bertz CT molecular complexity index is 600. The van der Waals surface area contributed by atoms with E-state index in [9.17, 15) is 4.39 Å². The average molecular weight is 245 g/mol. The highest BCUT2D eigenvalue weighted by Gasteiger charge is 2.22. The molecule has 1 atom stereocenters. The van der Waals surface area contributed by atoms with Crippen molar-refractivity contribution in [2.24, 2.45) is 0 Å². The summed E-state index contributed by atoms with van der Waals surface area (Å²) in [5.41, 5.74) is 3.06. The van der Waals surface area contributed by atoms with Crippen molar-refractivity contribution in [2.45, 2.75) is 25.8 Å². The van der Waals surface area contributed by atoms with E-state index >= 15 is 0 Å². The van der Waals surface area contributed by atoms with Crippen LogP contribution >= 0.6 is 0 Å². The van der Waals surface area contributed by atoms with Gasteiger partial charge in [-0.2, -0.15) is 4.39 Å². The van der Waals surface area contributed by atoms with Gasteiger partial charge in [0.25, 0.3) is 0 Å². The van der Waals surface area contributed by atoms with Crippen molar-refractivity contribution in [3.05, 3.63) is 35.9 Å². The number of hydrogen-bond acceptors (Lipinski definition) is 2. The Balaban J connectivity index is 2.04. The summed E-state index contributed by atoms with van der Waals surface area (Å²) in [7, 11) is 0. The normalized spacial score (nSPS) is 19.4. The summed E-state index contributed by atoms with van der Waals surface area (Å²) in [5, 5.41) is 4.48. The fourth-order valence-electron chi connectivity index (χ4n) is 2.68. The summed E-state index contributed by atoms with van der Waals surface area (Å²) in [6, 6.07) is 3.61. The predicted octanol–water partition coefficient (Wildman–Crippen LogP) is 2.86. The molecule has 0 aliphatic heterocycles. The molecule has 0 unspecified atom stereocenters. The summed E-state index contributed by atoms with van der Waals surface area (Å²) in [5.74, 6) is -0.445. The van der Waals surface area contributed by atoms with Crippen LogP contribution in [-0.2, 0) is 0 Å². The van der Waals surface area contributed by atoms with Crippen molar-refractivity contribution >= 4 is 16.6 Å². The first-order valence-corrected chi connectivity index (χ1v) is 6.37. The smallest absolute Gasteiger partial charge is 0.214 e. The average Bonchev–Trinajstić information content (AvgIpc) is 2.95. The second-order valence-electron chi connectivity index (χ2n) is 4.58. The Morgan fingerprint density at radius 3 is 3.22 bits per heavy atom. The van der Waals surface area contributed by atoms with Gasteiger partial charge in [0.05, 0.1) is 0 Å². The van der Waals surface area contributed by atoms with Crippen LogP contribution in [-0.4, -0.2) is 22.6 Å². The number of allylic oxidation sites excluding steroid dienone is 1. The number of fused-ring (bicyclic) bond motifs is 1. The summed E-state index contributed by atoms with van der Waals surface area (Å²) >= 11 is 0. The third kappa shape index (κ3) is 1.82. The van der Waals surface area contributed by atoms with Crippen LogP contribution in [0.15, 0.2) is 24.4 Å². The van der Waals surface area contributed by atoms with E-state index in [0.29, 0.717) is 11.7 Å². The molecule has 94 valence electrons. The molecule has 3 rings (SSSR count). The Morgan fingerprint density at radius 1 is 1.50 bits per heavy atom. The van der Waals surface area contributed by atoms with Gasteiger partial charge in [0.2, 0.25) is 5.95 Å². The Hall–Kier alpha value is -1.68. The molecule has 2 heterocycles. The van der Waals surface area contributed by atoms with Crippen LogP contribution in [0, 0.1) is 5.95 Å². The maximum absolute atomic E-state index is 13.1. The molecule has 1 aliphatic carbocycles. The predicted molar refractivity (Wildman–Crippen MR) is 70.7 cm³/mol. The molecule has 0 aromatic carbocycles. The van der Waals surface area contributed by atoms with Crippen molar-refractivity contribution < 1.29 is 4.39 Å². The number of nitrogens with one attached hydrogen (secondary N) is 2. The standard InChI is InChI=1S/C14H16FN3/c1-2-16-12-5-3-4-9(12)11-8-17-14-10(11)6-7-13(15)18-14/h4,6-8,12,16H,2-3,5H2,1H3,(H,17,18)/t12-/m1/s1. The molecule has 4 heteroatoms. The number of H-pyrrole nitrogens is 1. The van der Waals surface area contributed by atoms with Crippen molar-refractivity contribution in [1.82, 2.24) is 15.3 Å². The maximum Gasteiger partial charge on any atom is 0.214 e. The van der Waals surface area contributed by atoms with Gasteiger partial charge in [-0.05, 0) is 37.1 Å². The van der Waals surface area contributed by atoms with Gasteiger partial charge in [0.1, 0.15) is 5.65 Å². The Morgan fingerprint density at radius 2 is 2.39 bits per heavy atom. The minimum Gasteiger partial charge on any atom is -0.345 e. The molecule has 0 saturated heterocycles. The van der Waals surface area contributed by atoms with Gasteiger partial charge >= 0.3 is 0 Å². The molecule has 2 N–H and O–H groups in total. The van der Waals surface area contributed by atoms with Crippen LogP contribution in [0.2, 0.25) is 0 Å². The van der Waals surface area contributed by atoms with Crippen molar-refractivity contribution in [1.29, 1.82) is 0 Å². The fraction of sp³-hybridized carbons (Fsp3) is 0.357. The lowest BCUT2D eigenvalue weighted by atomic mass is 10.0. The Kier molecular flexibility index (Phi) is 2.88. The van der Waals surface area contributed by atoms with E-state index in [2.05, 4.69) is 28.3 Å². The molecule has 0 saturated carbocycles. The number of nitrogens with zero attached hydrogens (tertiary/aromatic N) is 1. The van der Waals surface area contributed by atoms with E-state index in [1.54, 1.807) is 6.07 Å². The number of likely N-dealkylation sites (N-methyl/N-ethyl adjacent to an activating group) is 1. The minimum atomic E-state index is -0.445. The number of aromatic nitrogens is 2. The van der Waals surface area contributed by atoms with Crippen LogP contribution < -0.4 is 5.32 Å². The number of rotatable bonds is 3. The minimum absolute atomic E-state index is 0.402. The number of halogens is 1. The highest BCUT2D eigenvalue weighted by molar-refractivity contribution is 5.92. The van der Waals surface area contributed by atoms with Crippen molar-refractivity contribution in [3.8, 4) is 0 Å². The molecule has 2 aromatic rings. The monoisotopic (exact) mass is 245 g/mol. The van der Waals surface area contributed by atoms with Gasteiger partial charge in [-0.1, -0.05) is 13.0 Å². The van der Waals surface area contributed by atoms with E-state index in [1.807, 2.05) is 6.20 Å². The van der Waals surface area contributed by atoms with E-state index in [-0.39, 0.29) is 0 Å². The zero-order valence-corrected chi connectivity index (χ0v) is 10.3. The van der Waals surface area contributed by atoms with Crippen LogP contribution in [0.4, 0.5) is 4.39 Å². The van der Waals surface area contributed by atoms with Gasteiger partial charge in [-0.15, -0.1) is 0 Å². The molecule has 0 radical (unpaired) electrons. The van der Waals surface area contributed by atoms with Crippen LogP contribution in [0.3, 0.4) is 0 Å². The zero-order valence-electron chi connectivity index (χ0n) is 10.3. The SMILES string of the molecule is CCN[C@@H]1CCC=C1c1c[nH]c2nc(F)ccc12. The lowest BCUT2D eigenvalue weighted by molar-refractivity contribution is 0.588. The van der Waals surface area contributed by atoms with Crippen LogP contribution in [0.5, 0.6) is 0 Å². The summed E-state index contributed by atoms with van der Waals surface area (Å²) in [6.07, 6.45) is 6.41. The van der Waals surface area contributed by atoms with Gasteiger partial charge in [0, 0.05) is 23.2 Å². The first kappa shape index (κ1) is 11.4. The number of hydrogen-bond donors (Lipinski definition) is 2. The quantitative estimate of drug-likeness (QED) is 0.816. The van der Waals surface area contributed by atoms with E-state index in [0.717, 1.165) is 30.3 Å². The third-order valence-electron chi connectivity index (χ3n) is 3.46. The second kappa shape index (κ2) is 4.53. The van der Waals surface area contributed by atoms with E-state index in [4.69, 9.17) is 0 Å². The highest BCUT2D eigenvalue weighted by atomic mass is 19.1. The largest absolute Gasteiger partial charge is 0.345 e. The van der Waals surface area contributed by atoms with Crippen LogP contribution in [0.25, 0.3) is 16.6 Å². The Labute approximate surface area is 105 Å². The van der Waals surface area contributed by atoms with Gasteiger partial charge < -0.3 is 10.3 Å². The molecule has 0 amide bonds. The lowest BCUT2D eigenvalue weighted by Gasteiger charge is -2.15. The molecule has 18 heavy (non-hydrogen) atoms. The van der Waals surface area contributed by atoms with Crippen molar-refractivity contribution in [2.75, 3.05) is 6.54 Å². The fourth-order valence-corrected chi connectivity index (χ4v) is 2.68. The molecule has 0 fully saturated rings. The molecular weight excluding hydrogens is 229 g/mol. The molecular formula is C14H16FN3. The van der Waals surface area contributed by atoms with Gasteiger partial charge in [-0.25, -0.2) is 4.98 Å². The first-order valence-electron chi connectivity index (χ1n) is 6.37. The molecule has 3 nitrogen and oxygen atoms in total.